The van der Waals surface area contributed by atoms with E-state index in [9.17, 15) is 9.90 Å². The number of amides is 1. The lowest BCUT2D eigenvalue weighted by atomic mass is 10.0. The van der Waals surface area contributed by atoms with Gasteiger partial charge in [0, 0.05) is 6.54 Å². The second-order valence-electron chi connectivity index (χ2n) is 5.81. The van der Waals surface area contributed by atoms with Crippen LogP contribution in [0.1, 0.15) is 13.3 Å². The van der Waals surface area contributed by atoms with Crippen molar-refractivity contribution in [2.75, 3.05) is 25.2 Å². The molecule has 0 saturated carbocycles. The van der Waals surface area contributed by atoms with Gasteiger partial charge in [-0.1, -0.05) is 30.3 Å². The first-order valence-electron chi connectivity index (χ1n) is 7.60. The van der Waals surface area contributed by atoms with E-state index in [0.717, 1.165) is 16.5 Å². The van der Waals surface area contributed by atoms with Crippen molar-refractivity contribution in [1.82, 2.24) is 5.32 Å². The van der Waals surface area contributed by atoms with E-state index in [1.165, 1.54) is 0 Å². The Morgan fingerprint density at radius 1 is 1.26 bits per heavy atom. The number of benzene rings is 2. The number of aliphatic hydroxyl groups is 1. The van der Waals surface area contributed by atoms with Gasteiger partial charge in [-0.05, 0) is 48.3 Å². The topological polar surface area (TPSA) is 58.6 Å². The van der Waals surface area contributed by atoms with Gasteiger partial charge in [0.1, 0.15) is 5.75 Å². The summed E-state index contributed by atoms with van der Waals surface area (Å²) in [4.78, 5) is 11.8. The maximum Gasteiger partial charge on any atom is 0.258 e. The Hall–Kier alpha value is -1.72. The molecule has 0 aliphatic carbocycles. The Bertz CT molecular complexity index is 658. The first-order valence-corrected chi connectivity index (χ1v) is 8.99. The molecule has 5 heteroatoms. The highest BCUT2D eigenvalue weighted by Gasteiger charge is 2.20. The number of hydrogen-bond acceptors (Lipinski definition) is 4. The number of nitrogens with one attached hydrogen (secondary N) is 1. The van der Waals surface area contributed by atoms with Gasteiger partial charge >= 0.3 is 0 Å². The smallest absolute Gasteiger partial charge is 0.258 e. The fourth-order valence-electron chi connectivity index (χ4n) is 2.16. The zero-order chi connectivity index (χ0) is 16.7. The van der Waals surface area contributed by atoms with E-state index in [1.807, 2.05) is 48.7 Å². The molecule has 0 saturated heterocycles. The third-order valence-electron chi connectivity index (χ3n) is 3.60. The summed E-state index contributed by atoms with van der Waals surface area (Å²) in [5.41, 5.74) is -0.887. The van der Waals surface area contributed by atoms with Crippen LogP contribution in [0.25, 0.3) is 10.8 Å². The van der Waals surface area contributed by atoms with Gasteiger partial charge in [-0.3, -0.25) is 4.79 Å². The van der Waals surface area contributed by atoms with Crippen LogP contribution in [0.5, 0.6) is 5.75 Å². The standard InChI is InChI=1S/C18H23NO3S/c1-18(21,9-10-23-2)13-19-17(20)12-22-16-8-7-14-5-3-4-6-15(14)11-16/h3-8,11,21H,9-10,12-13H2,1-2H3,(H,19,20). The van der Waals surface area contributed by atoms with E-state index in [1.54, 1.807) is 18.7 Å². The van der Waals surface area contributed by atoms with Gasteiger partial charge in [0.2, 0.25) is 0 Å². The Morgan fingerprint density at radius 3 is 2.74 bits per heavy atom. The van der Waals surface area contributed by atoms with E-state index in [-0.39, 0.29) is 19.1 Å². The van der Waals surface area contributed by atoms with Crippen LogP contribution < -0.4 is 10.1 Å². The molecule has 0 heterocycles. The maximum atomic E-state index is 11.8. The van der Waals surface area contributed by atoms with E-state index >= 15 is 0 Å². The third kappa shape index (κ3) is 5.77. The van der Waals surface area contributed by atoms with Gasteiger partial charge in [0.05, 0.1) is 5.60 Å². The molecule has 23 heavy (non-hydrogen) atoms. The number of carbonyl (C=O) groups excluding carboxylic acids is 1. The summed E-state index contributed by atoms with van der Waals surface area (Å²) in [5.74, 6) is 1.28. The number of fused-ring (bicyclic) bond motifs is 1. The molecule has 4 nitrogen and oxygen atoms in total. The minimum absolute atomic E-state index is 0.0586. The van der Waals surface area contributed by atoms with E-state index in [2.05, 4.69) is 5.32 Å². The molecule has 0 fully saturated rings. The molecule has 2 aromatic rings. The van der Waals surface area contributed by atoms with Crippen LogP contribution in [0.3, 0.4) is 0 Å². The van der Waals surface area contributed by atoms with Gasteiger partial charge in [-0.15, -0.1) is 0 Å². The summed E-state index contributed by atoms with van der Waals surface area (Å²) >= 11 is 1.67. The molecule has 0 bridgehead atoms. The van der Waals surface area contributed by atoms with Crippen molar-refractivity contribution in [2.45, 2.75) is 18.9 Å². The predicted molar refractivity (Wildman–Crippen MR) is 96.1 cm³/mol. The molecule has 2 N–H and O–H groups in total. The van der Waals surface area contributed by atoms with Crippen molar-refractivity contribution >= 4 is 28.4 Å². The molecule has 124 valence electrons. The fraction of sp³-hybridized carbons (Fsp3) is 0.389. The van der Waals surface area contributed by atoms with Gasteiger partial charge in [-0.2, -0.15) is 11.8 Å². The summed E-state index contributed by atoms with van der Waals surface area (Å²) in [6, 6.07) is 13.7. The lowest BCUT2D eigenvalue weighted by Gasteiger charge is -2.23. The SMILES string of the molecule is CSCCC(C)(O)CNC(=O)COc1ccc2ccccc2c1. The Morgan fingerprint density at radius 2 is 2.00 bits per heavy atom. The van der Waals surface area contributed by atoms with E-state index < -0.39 is 5.60 Å². The van der Waals surface area contributed by atoms with Crippen molar-refractivity contribution in [3.8, 4) is 5.75 Å². The highest BCUT2D eigenvalue weighted by atomic mass is 32.2. The van der Waals surface area contributed by atoms with Crippen molar-refractivity contribution in [2.24, 2.45) is 0 Å². The van der Waals surface area contributed by atoms with Crippen LogP contribution in [0.2, 0.25) is 0 Å². The zero-order valence-electron chi connectivity index (χ0n) is 13.5. The van der Waals surface area contributed by atoms with Crippen LogP contribution in [0.15, 0.2) is 42.5 Å². The van der Waals surface area contributed by atoms with Crippen LogP contribution in [-0.2, 0) is 4.79 Å². The highest BCUT2D eigenvalue weighted by molar-refractivity contribution is 7.98. The minimum atomic E-state index is -0.887. The van der Waals surface area contributed by atoms with Gasteiger partial charge < -0.3 is 15.2 Å². The summed E-state index contributed by atoms with van der Waals surface area (Å²) in [5, 5.41) is 15.1. The summed E-state index contributed by atoms with van der Waals surface area (Å²) < 4.78 is 5.52. The molecule has 1 unspecified atom stereocenters. The quantitative estimate of drug-likeness (QED) is 0.780. The molecule has 0 aliphatic heterocycles. The molecule has 0 aliphatic rings. The monoisotopic (exact) mass is 333 g/mol. The lowest BCUT2D eigenvalue weighted by Crippen LogP contribution is -2.42. The molecular weight excluding hydrogens is 310 g/mol. The Balaban J connectivity index is 1.81. The maximum absolute atomic E-state index is 11.8. The number of rotatable bonds is 8. The predicted octanol–water partition coefficient (Wildman–Crippen LogP) is 2.84. The van der Waals surface area contributed by atoms with Crippen LogP contribution in [0, 0.1) is 0 Å². The second-order valence-corrected chi connectivity index (χ2v) is 6.80. The molecule has 0 radical (unpaired) electrons. The Labute approximate surface area is 141 Å². The number of carbonyl (C=O) groups is 1. The summed E-state index contributed by atoms with van der Waals surface area (Å²) in [6.07, 6.45) is 2.63. The minimum Gasteiger partial charge on any atom is -0.484 e. The highest BCUT2D eigenvalue weighted by Crippen LogP contribution is 2.20. The molecule has 1 amide bonds. The van der Waals surface area contributed by atoms with Crippen molar-refractivity contribution < 1.29 is 14.6 Å². The lowest BCUT2D eigenvalue weighted by molar-refractivity contribution is -0.124. The molecule has 2 rings (SSSR count). The molecule has 0 aromatic heterocycles. The Kier molecular flexibility index (Phi) is 6.30. The number of thioether (sulfide) groups is 1. The average Bonchev–Trinajstić information content (AvgIpc) is 2.56. The largest absolute Gasteiger partial charge is 0.484 e. The molecule has 2 aromatic carbocycles. The second kappa shape index (κ2) is 8.22. The number of hydrogen-bond donors (Lipinski definition) is 2. The summed E-state index contributed by atoms with van der Waals surface area (Å²) in [6.45, 7) is 1.90. The normalized spacial score (nSPS) is 13.5. The first kappa shape index (κ1) is 17.6. The van der Waals surface area contributed by atoms with Crippen LogP contribution >= 0.6 is 11.8 Å². The van der Waals surface area contributed by atoms with Gasteiger partial charge in [0.15, 0.2) is 6.61 Å². The van der Waals surface area contributed by atoms with E-state index in [0.29, 0.717) is 12.2 Å². The fourth-order valence-corrected chi connectivity index (χ4v) is 2.80. The zero-order valence-corrected chi connectivity index (χ0v) is 14.4. The van der Waals surface area contributed by atoms with E-state index in [4.69, 9.17) is 4.74 Å². The van der Waals surface area contributed by atoms with Crippen molar-refractivity contribution in [3.63, 3.8) is 0 Å². The van der Waals surface area contributed by atoms with Crippen LogP contribution in [-0.4, -0.2) is 41.8 Å². The molecule has 0 spiro atoms. The average molecular weight is 333 g/mol. The van der Waals surface area contributed by atoms with Crippen molar-refractivity contribution in [3.05, 3.63) is 42.5 Å². The van der Waals surface area contributed by atoms with Gasteiger partial charge in [-0.25, -0.2) is 0 Å². The molecular formula is C18H23NO3S. The third-order valence-corrected chi connectivity index (χ3v) is 4.21. The van der Waals surface area contributed by atoms with Gasteiger partial charge in [0.25, 0.3) is 5.91 Å². The van der Waals surface area contributed by atoms with Crippen molar-refractivity contribution in [1.29, 1.82) is 0 Å². The summed E-state index contributed by atoms with van der Waals surface area (Å²) in [7, 11) is 0. The van der Waals surface area contributed by atoms with Crippen LogP contribution in [0.4, 0.5) is 0 Å². The first-order chi connectivity index (χ1) is 11.0. The molecule has 1 atom stereocenters. The number of ether oxygens (including phenoxy) is 1.